The summed E-state index contributed by atoms with van der Waals surface area (Å²) in [5, 5.41) is 6.55. The van der Waals surface area contributed by atoms with Crippen molar-refractivity contribution in [3.05, 3.63) is 23.8 Å². The summed E-state index contributed by atoms with van der Waals surface area (Å²) in [5.74, 6) is 0. The summed E-state index contributed by atoms with van der Waals surface area (Å²) in [6.07, 6.45) is 5.26. The van der Waals surface area contributed by atoms with Gasteiger partial charge in [0.25, 0.3) is 0 Å². The minimum absolute atomic E-state index is 1.20. The quantitative estimate of drug-likeness (QED) is 0.579. The Bertz CT molecular complexity index is 315. The van der Waals surface area contributed by atoms with Crippen LogP contribution in [0, 0.1) is 6.92 Å². The molecule has 0 spiro atoms. The van der Waals surface area contributed by atoms with Gasteiger partial charge in [0.2, 0.25) is 0 Å². The van der Waals surface area contributed by atoms with E-state index in [-0.39, 0.29) is 0 Å². The van der Waals surface area contributed by atoms with Gasteiger partial charge in [0.1, 0.15) is 0 Å². The molecule has 0 aliphatic carbocycles. The van der Waals surface area contributed by atoms with Gasteiger partial charge in [-0.15, -0.1) is 0 Å². The van der Waals surface area contributed by atoms with Crippen LogP contribution in [0.5, 0.6) is 0 Å². The van der Waals surface area contributed by atoms with Gasteiger partial charge in [-0.2, -0.15) is 0 Å². The molecule has 0 atom stereocenters. The predicted octanol–water partition coefficient (Wildman–Crippen LogP) is 4.23. The molecule has 1 heterocycles. The van der Waals surface area contributed by atoms with E-state index in [0.29, 0.717) is 0 Å². The number of para-hydroxylation sites is 1. The molecule has 2 N–H and O–H groups in total. The number of nitrogens with one attached hydrogen (secondary N) is 2. The molecule has 1 aromatic rings. The molecule has 2 rings (SSSR count). The molecular weight excluding hydrogens is 208 g/mol. The summed E-state index contributed by atoms with van der Waals surface area (Å²) in [5.41, 5.74) is 3.97. The van der Waals surface area contributed by atoms with E-state index in [9.17, 15) is 0 Å². The molecule has 1 aromatic carbocycles. The van der Waals surface area contributed by atoms with Crippen LogP contribution in [0.3, 0.4) is 0 Å². The number of fused-ring (bicyclic) bond motifs is 1. The minimum atomic E-state index is 1.20. The smallest absolute Gasteiger partial charge is 0.0653 e. The van der Waals surface area contributed by atoms with Crippen LogP contribution in [0.15, 0.2) is 18.2 Å². The Morgan fingerprint density at radius 2 is 1.71 bits per heavy atom. The molecule has 1 aliphatic heterocycles. The van der Waals surface area contributed by atoms with Gasteiger partial charge < -0.3 is 10.6 Å². The van der Waals surface area contributed by atoms with E-state index in [2.05, 4.69) is 49.6 Å². The number of unbranched alkanes of at least 4 members (excludes halogenated alkanes) is 2. The van der Waals surface area contributed by atoms with Gasteiger partial charge in [-0.25, -0.2) is 0 Å². The number of hydrogen-bond acceptors (Lipinski definition) is 2. The molecule has 0 aromatic heterocycles. The molecule has 17 heavy (non-hydrogen) atoms. The van der Waals surface area contributed by atoms with Gasteiger partial charge >= 0.3 is 0 Å². The molecular formula is C15H26N2. The van der Waals surface area contributed by atoms with E-state index in [1.165, 1.54) is 55.7 Å². The summed E-state index contributed by atoms with van der Waals surface area (Å²) in [4.78, 5) is 0. The third kappa shape index (κ3) is 5.73. The lowest BCUT2D eigenvalue weighted by Crippen LogP contribution is -2.15. The van der Waals surface area contributed by atoms with Gasteiger partial charge in [-0.3, -0.25) is 0 Å². The van der Waals surface area contributed by atoms with Gasteiger partial charge in [0, 0.05) is 0 Å². The van der Waals surface area contributed by atoms with Crippen molar-refractivity contribution < 1.29 is 0 Å². The maximum atomic E-state index is 3.39. The van der Waals surface area contributed by atoms with Crippen LogP contribution in [0.4, 0.5) is 11.4 Å². The zero-order chi connectivity index (χ0) is 12.5. The first kappa shape index (κ1) is 14.0. The first-order valence-corrected chi connectivity index (χ1v) is 6.87. The maximum absolute atomic E-state index is 3.39. The summed E-state index contributed by atoms with van der Waals surface area (Å²) < 4.78 is 0. The Labute approximate surface area is 106 Å². The molecule has 2 nitrogen and oxygen atoms in total. The van der Waals surface area contributed by atoms with Gasteiger partial charge in [0.15, 0.2) is 0 Å². The van der Waals surface area contributed by atoms with E-state index >= 15 is 0 Å². The van der Waals surface area contributed by atoms with Crippen LogP contribution in [-0.2, 0) is 0 Å². The second-order valence-corrected chi connectivity index (χ2v) is 4.58. The number of aryl methyl sites for hydroxylation is 1. The topological polar surface area (TPSA) is 34.0 Å². The summed E-state index contributed by atoms with van der Waals surface area (Å²) in [6, 6.07) is 6.26. The number of anilines is 2. The van der Waals surface area contributed by atoms with Crippen LogP contribution in [0.25, 0.3) is 0 Å². The molecule has 0 unspecified atom stereocenters. The fourth-order valence-electron chi connectivity index (χ4n) is 1.64. The second-order valence-electron chi connectivity index (χ2n) is 4.58. The van der Waals surface area contributed by atoms with Gasteiger partial charge in [-0.05, 0) is 44.5 Å². The maximum Gasteiger partial charge on any atom is 0.0653 e. The highest BCUT2D eigenvalue weighted by atomic mass is 15.0. The molecule has 0 fully saturated rings. The fourth-order valence-corrected chi connectivity index (χ4v) is 1.64. The molecule has 96 valence electrons. The first-order chi connectivity index (χ1) is 8.29. The highest BCUT2D eigenvalue weighted by Gasteiger charge is 2.15. The third-order valence-corrected chi connectivity index (χ3v) is 2.88. The number of rotatable bonds is 6. The Morgan fingerprint density at radius 3 is 2.18 bits per heavy atom. The highest BCUT2D eigenvalue weighted by molar-refractivity contribution is 5.92. The minimum Gasteiger partial charge on any atom is -0.352 e. The van der Waals surface area contributed by atoms with Crippen molar-refractivity contribution in [3.8, 4) is 0 Å². The largest absolute Gasteiger partial charge is 0.352 e. The molecule has 0 bridgehead atoms. The first-order valence-electron chi connectivity index (χ1n) is 6.87. The molecule has 0 radical (unpaired) electrons. The lowest BCUT2D eigenvalue weighted by Gasteiger charge is -1.99. The van der Waals surface area contributed by atoms with Crippen LogP contribution in [-0.4, -0.2) is 13.1 Å². The van der Waals surface area contributed by atoms with E-state index in [1.54, 1.807) is 0 Å². The Hall–Kier alpha value is -1.02. The van der Waals surface area contributed by atoms with E-state index < -0.39 is 0 Å². The summed E-state index contributed by atoms with van der Waals surface area (Å²) in [7, 11) is 0. The summed E-state index contributed by atoms with van der Waals surface area (Å²) in [6.45, 7) is 8.97. The SMILES string of the molecule is CCCCNCCCC.Cc1cccc2c1N2. The fraction of sp³-hybridized carbons (Fsp3) is 0.600. The van der Waals surface area contributed by atoms with Crippen molar-refractivity contribution in [1.82, 2.24) is 5.32 Å². The Kier molecular flexibility index (Phi) is 6.71. The third-order valence-electron chi connectivity index (χ3n) is 2.88. The van der Waals surface area contributed by atoms with Crippen molar-refractivity contribution in [2.24, 2.45) is 0 Å². The second kappa shape index (κ2) is 8.13. The van der Waals surface area contributed by atoms with E-state index in [1.807, 2.05) is 0 Å². The lowest BCUT2D eigenvalue weighted by atomic mass is 10.2. The predicted molar refractivity (Wildman–Crippen MR) is 77.1 cm³/mol. The van der Waals surface area contributed by atoms with Crippen molar-refractivity contribution in [2.45, 2.75) is 46.5 Å². The zero-order valence-electron chi connectivity index (χ0n) is 11.5. The molecule has 0 saturated carbocycles. The van der Waals surface area contributed by atoms with Crippen molar-refractivity contribution >= 4 is 11.4 Å². The Balaban J connectivity index is 0.000000170. The zero-order valence-corrected chi connectivity index (χ0v) is 11.5. The number of benzene rings is 1. The molecule has 1 aliphatic rings. The molecule has 0 amide bonds. The monoisotopic (exact) mass is 234 g/mol. The number of hydrogen-bond donors (Lipinski definition) is 2. The van der Waals surface area contributed by atoms with Crippen LogP contribution in [0.1, 0.15) is 45.1 Å². The van der Waals surface area contributed by atoms with Crippen LogP contribution >= 0.6 is 0 Å². The normalized spacial score (nSPS) is 11.0. The van der Waals surface area contributed by atoms with Crippen LogP contribution < -0.4 is 10.6 Å². The van der Waals surface area contributed by atoms with E-state index in [0.717, 1.165) is 0 Å². The van der Waals surface area contributed by atoms with Gasteiger partial charge in [0.05, 0.1) is 11.4 Å². The van der Waals surface area contributed by atoms with Crippen molar-refractivity contribution in [3.63, 3.8) is 0 Å². The molecule has 2 heteroatoms. The lowest BCUT2D eigenvalue weighted by molar-refractivity contribution is 0.611. The average Bonchev–Trinajstić information content (AvgIpc) is 3.11. The molecule has 0 saturated heterocycles. The highest BCUT2D eigenvalue weighted by Crippen LogP contribution is 2.40. The Morgan fingerprint density at radius 1 is 1.06 bits per heavy atom. The standard InChI is InChI=1S/C8H19N.C7H7N/c1-3-5-7-9-8-6-4-2;1-5-3-2-4-6-7(5)8-6/h9H,3-8H2,1-2H3;2-4,8H,1H3. The summed E-state index contributed by atoms with van der Waals surface area (Å²) >= 11 is 0. The van der Waals surface area contributed by atoms with Gasteiger partial charge in [-0.1, -0.05) is 38.8 Å². The average molecular weight is 234 g/mol. The van der Waals surface area contributed by atoms with E-state index in [4.69, 9.17) is 0 Å². The van der Waals surface area contributed by atoms with Crippen molar-refractivity contribution in [2.75, 3.05) is 18.4 Å². The van der Waals surface area contributed by atoms with Crippen LogP contribution in [0.2, 0.25) is 0 Å². The van der Waals surface area contributed by atoms with Crippen molar-refractivity contribution in [1.29, 1.82) is 0 Å².